The van der Waals surface area contributed by atoms with Gasteiger partial charge in [-0.25, -0.2) is 0 Å². The largest absolute Gasteiger partial charge is 0.496 e. The molecule has 1 fully saturated rings. The number of rotatable bonds is 4. The number of nitrogens with two attached hydrogens (primary N) is 1. The normalized spacial score (nSPS) is 27.1. The molecule has 1 aliphatic carbocycles. The molecular weight excluding hydrogens is 222 g/mol. The molecule has 0 saturated heterocycles. The number of methoxy groups -OCH3 is 1. The number of hydrogen-bond donors (Lipinski definition) is 1. The molecule has 0 amide bonds. The van der Waals surface area contributed by atoms with E-state index in [-0.39, 0.29) is 5.41 Å². The van der Waals surface area contributed by atoms with Crippen molar-refractivity contribution in [2.75, 3.05) is 13.7 Å². The third-order valence-corrected chi connectivity index (χ3v) is 4.57. The molecule has 1 aromatic carbocycles. The lowest BCUT2D eigenvalue weighted by molar-refractivity contribution is 0.103. The smallest absolute Gasteiger partial charge is 0.122 e. The van der Waals surface area contributed by atoms with Crippen molar-refractivity contribution in [3.8, 4) is 5.75 Å². The summed E-state index contributed by atoms with van der Waals surface area (Å²) in [5, 5.41) is 0. The highest BCUT2D eigenvalue weighted by Crippen LogP contribution is 2.52. The Kier molecular flexibility index (Phi) is 3.67. The van der Waals surface area contributed by atoms with Crippen LogP contribution in [-0.4, -0.2) is 13.7 Å². The Balaban J connectivity index is 2.32. The number of aryl methyl sites for hydroxylation is 1. The van der Waals surface area contributed by atoms with Crippen molar-refractivity contribution in [1.29, 1.82) is 0 Å². The Morgan fingerprint density at radius 2 is 2.06 bits per heavy atom. The average Bonchev–Trinajstić information content (AvgIpc) is 2.28. The summed E-state index contributed by atoms with van der Waals surface area (Å²) in [4.78, 5) is 0. The molecule has 2 heteroatoms. The standard InChI is InChI=1S/C16H25NO/c1-11(2)13-8-16(9-13,10-17)14-7-12(3)5-6-15(14)18-4/h5-7,11,13H,8-10,17H2,1-4H3. The van der Waals surface area contributed by atoms with Crippen molar-refractivity contribution in [2.24, 2.45) is 17.6 Å². The van der Waals surface area contributed by atoms with Crippen LogP contribution in [0.5, 0.6) is 5.75 Å². The van der Waals surface area contributed by atoms with Gasteiger partial charge in [-0.15, -0.1) is 0 Å². The third kappa shape index (κ3) is 2.14. The summed E-state index contributed by atoms with van der Waals surface area (Å²) < 4.78 is 5.52. The Morgan fingerprint density at radius 3 is 2.56 bits per heavy atom. The molecule has 1 aromatic rings. The van der Waals surface area contributed by atoms with Gasteiger partial charge in [0.2, 0.25) is 0 Å². The second-order valence-electron chi connectivity index (χ2n) is 6.10. The minimum Gasteiger partial charge on any atom is -0.496 e. The maximum absolute atomic E-state index is 6.08. The zero-order chi connectivity index (χ0) is 13.3. The van der Waals surface area contributed by atoms with Gasteiger partial charge in [0.05, 0.1) is 7.11 Å². The molecule has 2 N–H and O–H groups in total. The maximum atomic E-state index is 6.08. The van der Waals surface area contributed by atoms with Crippen LogP contribution in [0.25, 0.3) is 0 Å². The number of benzene rings is 1. The van der Waals surface area contributed by atoms with E-state index in [1.165, 1.54) is 24.0 Å². The van der Waals surface area contributed by atoms with Gasteiger partial charge in [-0.3, -0.25) is 0 Å². The molecule has 0 aliphatic heterocycles. The molecule has 0 heterocycles. The summed E-state index contributed by atoms with van der Waals surface area (Å²) in [7, 11) is 1.75. The molecule has 0 radical (unpaired) electrons. The van der Waals surface area contributed by atoms with Gasteiger partial charge < -0.3 is 10.5 Å². The highest BCUT2D eigenvalue weighted by molar-refractivity contribution is 5.44. The first-order valence-electron chi connectivity index (χ1n) is 6.87. The minimum atomic E-state index is 0.145. The number of ether oxygens (including phenoxy) is 1. The molecule has 0 unspecified atom stereocenters. The van der Waals surface area contributed by atoms with E-state index in [9.17, 15) is 0 Å². The van der Waals surface area contributed by atoms with Gasteiger partial charge in [0.1, 0.15) is 5.75 Å². The van der Waals surface area contributed by atoms with E-state index in [0.29, 0.717) is 0 Å². The summed E-state index contributed by atoms with van der Waals surface area (Å²) in [6.45, 7) is 7.46. The van der Waals surface area contributed by atoms with Gasteiger partial charge >= 0.3 is 0 Å². The molecule has 2 nitrogen and oxygen atoms in total. The van der Waals surface area contributed by atoms with E-state index < -0.39 is 0 Å². The summed E-state index contributed by atoms with van der Waals surface area (Å²) in [6.07, 6.45) is 2.39. The molecule has 1 aliphatic rings. The second-order valence-corrected chi connectivity index (χ2v) is 6.10. The van der Waals surface area contributed by atoms with Crippen molar-refractivity contribution in [2.45, 2.75) is 39.0 Å². The Labute approximate surface area is 111 Å². The van der Waals surface area contributed by atoms with E-state index in [4.69, 9.17) is 10.5 Å². The first-order valence-corrected chi connectivity index (χ1v) is 6.87. The van der Waals surface area contributed by atoms with Crippen LogP contribution in [0.15, 0.2) is 18.2 Å². The van der Waals surface area contributed by atoms with Gasteiger partial charge in [-0.2, -0.15) is 0 Å². The first kappa shape index (κ1) is 13.4. The minimum absolute atomic E-state index is 0.145. The average molecular weight is 247 g/mol. The van der Waals surface area contributed by atoms with Crippen molar-refractivity contribution >= 4 is 0 Å². The van der Waals surface area contributed by atoms with E-state index >= 15 is 0 Å². The summed E-state index contributed by atoms with van der Waals surface area (Å²) in [6, 6.07) is 6.43. The van der Waals surface area contributed by atoms with Crippen LogP contribution >= 0.6 is 0 Å². The van der Waals surface area contributed by atoms with Crippen molar-refractivity contribution < 1.29 is 4.74 Å². The molecular formula is C16H25NO. The molecule has 1 saturated carbocycles. The Hall–Kier alpha value is -1.02. The highest BCUT2D eigenvalue weighted by Gasteiger charge is 2.46. The lowest BCUT2D eigenvalue weighted by Crippen LogP contribution is -2.48. The predicted molar refractivity (Wildman–Crippen MR) is 76.0 cm³/mol. The monoisotopic (exact) mass is 247 g/mol. The van der Waals surface area contributed by atoms with Crippen LogP contribution in [0.3, 0.4) is 0 Å². The van der Waals surface area contributed by atoms with Gasteiger partial charge in [0.25, 0.3) is 0 Å². The number of hydrogen-bond acceptors (Lipinski definition) is 2. The van der Waals surface area contributed by atoms with Crippen LogP contribution in [0, 0.1) is 18.8 Å². The zero-order valence-electron chi connectivity index (χ0n) is 12.0. The fraction of sp³-hybridized carbons (Fsp3) is 0.625. The van der Waals surface area contributed by atoms with Gasteiger partial charge in [-0.1, -0.05) is 31.5 Å². The van der Waals surface area contributed by atoms with Gasteiger partial charge in [-0.05, 0) is 37.7 Å². The van der Waals surface area contributed by atoms with E-state index in [2.05, 4.69) is 39.0 Å². The van der Waals surface area contributed by atoms with Crippen molar-refractivity contribution in [1.82, 2.24) is 0 Å². The Morgan fingerprint density at radius 1 is 1.39 bits per heavy atom. The lowest BCUT2D eigenvalue weighted by atomic mass is 9.55. The Bertz CT molecular complexity index is 419. The molecule has 100 valence electrons. The SMILES string of the molecule is COc1ccc(C)cc1C1(CN)CC(C(C)C)C1. The molecule has 2 rings (SSSR count). The highest BCUT2D eigenvalue weighted by atomic mass is 16.5. The van der Waals surface area contributed by atoms with Crippen molar-refractivity contribution in [3.63, 3.8) is 0 Å². The zero-order valence-corrected chi connectivity index (χ0v) is 12.0. The molecule has 0 aromatic heterocycles. The molecule has 18 heavy (non-hydrogen) atoms. The topological polar surface area (TPSA) is 35.2 Å². The van der Waals surface area contributed by atoms with Gasteiger partial charge in [0.15, 0.2) is 0 Å². The first-order chi connectivity index (χ1) is 8.52. The van der Waals surface area contributed by atoms with E-state index in [1.807, 2.05) is 0 Å². The molecule has 0 spiro atoms. The van der Waals surface area contributed by atoms with Crippen molar-refractivity contribution in [3.05, 3.63) is 29.3 Å². The predicted octanol–water partition coefficient (Wildman–Crippen LogP) is 3.27. The molecule has 0 atom stereocenters. The van der Waals surface area contributed by atoms with Crippen LogP contribution < -0.4 is 10.5 Å². The quantitative estimate of drug-likeness (QED) is 0.886. The summed E-state index contributed by atoms with van der Waals surface area (Å²) in [5.74, 6) is 2.55. The van der Waals surface area contributed by atoms with E-state index in [0.717, 1.165) is 24.1 Å². The summed E-state index contributed by atoms with van der Waals surface area (Å²) in [5.41, 5.74) is 8.82. The maximum Gasteiger partial charge on any atom is 0.122 e. The fourth-order valence-corrected chi connectivity index (χ4v) is 3.15. The van der Waals surface area contributed by atoms with Crippen LogP contribution in [0.2, 0.25) is 0 Å². The van der Waals surface area contributed by atoms with Gasteiger partial charge in [0, 0.05) is 17.5 Å². The molecule has 0 bridgehead atoms. The van der Waals surface area contributed by atoms with Crippen LogP contribution in [-0.2, 0) is 5.41 Å². The lowest BCUT2D eigenvalue weighted by Gasteiger charge is -2.50. The fourth-order valence-electron chi connectivity index (χ4n) is 3.15. The van der Waals surface area contributed by atoms with Crippen LogP contribution in [0.4, 0.5) is 0 Å². The second kappa shape index (κ2) is 4.93. The summed E-state index contributed by atoms with van der Waals surface area (Å²) >= 11 is 0. The van der Waals surface area contributed by atoms with E-state index in [1.54, 1.807) is 7.11 Å². The third-order valence-electron chi connectivity index (χ3n) is 4.57. The van der Waals surface area contributed by atoms with Crippen LogP contribution in [0.1, 0.15) is 37.8 Å².